The van der Waals surface area contributed by atoms with Gasteiger partial charge in [-0.05, 0) is 25.5 Å². The Kier molecular flexibility index (Phi) is 5.06. The molecule has 1 aliphatic rings. The fourth-order valence-electron chi connectivity index (χ4n) is 2.74. The first kappa shape index (κ1) is 15.6. The summed E-state index contributed by atoms with van der Waals surface area (Å²) in [5, 5.41) is 14.0. The van der Waals surface area contributed by atoms with E-state index >= 15 is 0 Å². The fraction of sp³-hybridized carbons (Fsp3) is 0.571. The minimum absolute atomic E-state index is 0.156. The average molecular weight is 299 g/mol. The number of hydrogen-bond donors (Lipinski definition) is 1. The lowest BCUT2D eigenvalue weighted by Gasteiger charge is -2.32. The first-order chi connectivity index (χ1) is 10.0. The molecular formula is C14H19F2N3O2. The molecule has 1 heterocycles. The number of halogens is 2. The molecular weight excluding hydrogens is 280 g/mol. The molecule has 1 fully saturated rings. The van der Waals surface area contributed by atoms with Crippen molar-refractivity contribution in [2.45, 2.75) is 32.2 Å². The maximum absolute atomic E-state index is 13.3. The quantitative estimate of drug-likeness (QED) is 0.647. The Hall–Kier alpha value is -1.76. The first-order valence-corrected chi connectivity index (χ1v) is 7.08. The minimum Gasteiger partial charge on any atom is -0.367 e. The van der Waals surface area contributed by atoms with Crippen molar-refractivity contribution in [3.8, 4) is 0 Å². The Morgan fingerprint density at radius 1 is 1.52 bits per heavy atom. The fourth-order valence-corrected chi connectivity index (χ4v) is 2.74. The summed E-state index contributed by atoms with van der Waals surface area (Å²) in [5.74, 6) is 0. The monoisotopic (exact) mass is 299 g/mol. The van der Waals surface area contributed by atoms with E-state index in [1.807, 2.05) is 11.8 Å². The van der Waals surface area contributed by atoms with E-state index in [1.54, 1.807) is 0 Å². The smallest absolute Gasteiger partial charge is 0.270 e. The number of nitrogens with one attached hydrogen (secondary N) is 1. The molecule has 21 heavy (non-hydrogen) atoms. The average Bonchev–Trinajstić information content (AvgIpc) is 2.98. The van der Waals surface area contributed by atoms with Gasteiger partial charge in [-0.1, -0.05) is 6.92 Å². The van der Waals surface area contributed by atoms with Gasteiger partial charge >= 0.3 is 0 Å². The highest BCUT2D eigenvalue weighted by molar-refractivity contribution is 5.59. The molecule has 0 aromatic heterocycles. The SMILES string of the molecule is CCCN(c1ccc([N+](=O)[O-])cc1C(F)F)C1CCNC1. The largest absolute Gasteiger partial charge is 0.367 e. The van der Waals surface area contributed by atoms with Crippen molar-refractivity contribution in [2.75, 3.05) is 24.5 Å². The van der Waals surface area contributed by atoms with Gasteiger partial charge in [0.1, 0.15) is 0 Å². The summed E-state index contributed by atoms with van der Waals surface area (Å²) in [6.45, 7) is 4.26. The zero-order valence-corrected chi connectivity index (χ0v) is 11.9. The summed E-state index contributed by atoms with van der Waals surface area (Å²) < 4.78 is 26.6. The normalized spacial score (nSPS) is 18.2. The predicted octanol–water partition coefficient (Wildman–Crippen LogP) is 3.11. The molecule has 0 saturated carbocycles. The van der Waals surface area contributed by atoms with Crippen molar-refractivity contribution in [2.24, 2.45) is 0 Å². The standard InChI is InChI=1S/C14H19F2N3O2/c1-2-7-18(11-5-6-17-9-11)13-4-3-10(19(20)21)8-12(13)14(15)16/h3-4,8,11,14,17H,2,5-7,9H2,1H3. The molecule has 2 rings (SSSR count). The van der Waals surface area contributed by atoms with Crippen molar-refractivity contribution >= 4 is 11.4 Å². The molecule has 0 amide bonds. The molecule has 1 aromatic carbocycles. The van der Waals surface area contributed by atoms with Gasteiger partial charge in [-0.25, -0.2) is 8.78 Å². The van der Waals surface area contributed by atoms with E-state index in [9.17, 15) is 18.9 Å². The van der Waals surface area contributed by atoms with Crippen LogP contribution in [0.4, 0.5) is 20.2 Å². The first-order valence-electron chi connectivity index (χ1n) is 7.08. The van der Waals surface area contributed by atoms with Crippen molar-refractivity contribution in [1.29, 1.82) is 0 Å². The summed E-state index contributed by atoms with van der Waals surface area (Å²) in [4.78, 5) is 12.1. The molecule has 1 saturated heterocycles. The molecule has 116 valence electrons. The molecule has 0 spiro atoms. The Morgan fingerprint density at radius 2 is 2.29 bits per heavy atom. The van der Waals surface area contributed by atoms with E-state index in [2.05, 4.69) is 5.32 Å². The number of rotatable bonds is 6. The zero-order valence-electron chi connectivity index (χ0n) is 11.9. The highest BCUT2D eigenvalue weighted by Gasteiger charge is 2.27. The second kappa shape index (κ2) is 6.80. The highest BCUT2D eigenvalue weighted by atomic mass is 19.3. The van der Waals surface area contributed by atoms with Crippen molar-refractivity contribution in [3.63, 3.8) is 0 Å². The Labute approximate surface area is 122 Å². The van der Waals surface area contributed by atoms with Gasteiger partial charge in [-0.3, -0.25) is 10.1 Å². The number of anilines is 1. The van der Waals surface area contributed by atoms with Crippen LogP contribution in [0.5, 0.6) is 0 Å². The van der Waals surface area contributed by atoms with E-state index < -0.39 is 11.3 Å². The third-order valence-corrected chi connectivity index (χ3v) is 3.71. The van der Waals surface area contributed by atoms with Gasteiger partial charge in [-0.15, -0.1) is 0 Å². The number of benzene rings is 1. The third kappa shape index (κ3) is 3.47. The van der Waals surface area contributed by atoms with E-state index in [0.29, 0.717) is 12.2 Å². The maximum atomic E-state index is 13.3. The van der Waals surface area contributed by atoms with Crippen LogP contribution in [-0.4, -0.2) is 30.6 Å². The number of nitro benzene ring substituents is 1. The minimum atomic E-state index is -2.73. The summed E-state index contributed by atoms with van der Waals surface area (Å²) in [7, 11) is 0. The van der Waals surface area contributed by atoms with Crippen LogP contribution in [-0.2, 0) is 0 Å². The molecule has 1 aromatic rings. The van der Waals surface area contributed by atoms with Crippen molar-refractivity contribution in [1.82, 2.24) is 5.32 Å². The van der Waals surface area contributed by atoms with E-state index in [1.165, 1.54) is 12.1 Å². The molecule has 0 radical (unpaired) electrons. The van der Waals surface area contributed by atoms with Crippen molar-refractivity contribution < 1.29 is 13.7 Å². The van der Waals surface area contributed by atoms with Gasteiger partial charge < -0.3 is 10.2 Å². The lowest BCUT2D eigenvalue weighted by Crippen LogP contribution is -2.38. The molecule has 5 nitrogen and oxygen atoms in total. The molecule has 1 atom stereocenters. The van der Waals surface area contributed by atoms with Gasteiger partial charge in [-0.2, -0.15) is 0 Å². The lowest BCUT2D eigenvalue weighted by molar-refractivity contribution is -0.385. The van der Waals surface area contributed by atoms with Crippen LogP contribution in [0.3, 0.4) is 0 Å². The van der Waals surface area contributed by atoms with Gasteiger partial charge in [0.15, 0.2) is 0 Å². The summed E-state index contributed by atoms with van der Waals surface area (Å²) >= 11 is 0. The highest BCUT2D eigenvalue weighted by Crippen LogP contribution is 2.34. The summed E-state index contributed by atoms with van der Waals surface area (Å²) in [6.07, 6.45) is -1.01. The van der Waals surface area contributed by atoms with Crippen LogP contribution < -0.4 is 10.2 Å². The van der Waals surface area contributed by atoms with Crippen LogP contribution >= 0.6 is 0 Å². The molecule has 7 heteroatoms. The number of nitro groups is 1. The Bertz CT molecular complexity index is 505. The molecule has 0 aliphatic carbocycles. The lowest BCUT2D eigenvalue weighted by atomic mass is 10.1. The number of non-ortho nitro benzene ring substituents is 1. The van der Waals surface area contributed by atoms with Crippen LogP contribution in [0.15, 0.2) is 18.2 Å². The molecule has 1 N–H and O–H groups in total. The van der Waals surface area contributed by atoms with Crippen LogP contribution in [0.1, 0.15) is 31.8 Å². The van der Waals surface area contributed by atoms with Crippen molar-refractivity contribution in [3.05, 3.63) is 33.9 Å². The summed E-state index contributed by atoms with van der Waals surface area (Å²) in [5.41, 5.74) is -0.147. The maximum Gasteiger partial charge on any atom is 0.270 e. The summed E-state index contributed by atoms with van der Waals surface area (Å²) in [6, 6.07) is 3.90. The number of hydrogen-bond acceptors (Lipinski definition) is 4. The van der Waals surface area contributed by atoms with Gasteiger partial charge in [0.25, 0.3) is 12.1 Å². The van der Waals surface area contributed by atoms with Gasteiger partial charge in [0, 0.05) is 42.5 Å². The van der Waals surface area contributed by atoms with Gasteiger partial charge in [0.05, 0.1) is 4.92 Å². The van der Waals surface area contributed by atoms with E-state index in [4.69, 9.17) is 0 Å². The van der Waals surface area contributed by atoms with Gasteiger partial charge in [0.2, 0.25) is 0 Å². The topological polar surface area (TPSA) is 58.4 Å². The molecule has 0 bridgehead atoms. The second-order valence-electron chi connectivity index (χ2n) is 5.14. The number of nitrogens with zero attached hydrogens (tertiary/aromatic N) is 2. The third-order valence-electron chi connectivity index (χ3n) is 3.71. The van der Waals surface area contributed by atoms with E-state index in [0.717, 1.165) is 32.0 Å². The van der Waals surface area contributed by atoms with Crippen LogP contribution in [0.2, 0.25) is 0 Å². The zero-order chi connectivity index (χ0) is 15.4. The van der Waals surface area contributed by atoms with Crippen LogP contribution in [0, 0.1) is 10.1 Å². The molecule has 1 aliphatic heterocycles. The second-order valence-corrected chi connectivity index (χ2v) is 5.14. The number of alkyl halides is 2. The van der Waals surface area contributed by atoms with Crippen LogP contribution in [0.25, 0.3) is 0 Å². The Balaban J connectivity index is 2.40. The molecule has 1 unspecified atom stereocenters. The predicted molar refractivity (Wildman–Crippen MR) is 77.0 cm³/mol. The Morgan fingerprint density at radius 3 is 2.81 bits per heavy atom. The van der Waals surface area contributed by atoms with E-state index in [-0.39, 0.29) is 17.3 Å².